The number of halogens is 2. The molecule has 0 unspecified atom stereocenters. The SMILES string of the molecule is Cc1nc(NC(=O)c2ccccc2Br)sc1Cc1ccccc1F. The zero-order valence-electron chi connectivity index (χ0n) is 12.8. The molecule has 0 saturated heterocycles. The lowest BCUT2D eigenvalue weighted by molar-refractivity contribution is 0.102. The van der Waals surface area contributed by atoms with Gasteiger partial charge in [-0.3, -0.25) is 10.1 Å². The Morgan fingerprint density at radius 2 is 1.92 bits per heavy atom. The lowest BCUT2D eigenvalue weighted by Crippen LogP contribution is -2.12. The lowest BCUT2D eigenvalue weighted by atomic mass is 10.1. The Balaban J connectivity index is 1.78. The normalized spacial score (nSPS) is 10.6. The summed E-state index contributed by atoms with van der Waals surface area (Å²) in [4.78, 5) is 17.6. The maximum atomic E-state index is 13.8. The molecule has 3 nitrogen and oxygen atoms in total. The molecule has 0 spiro atoms. The fraction of sp³-hybridized carbons (Fsp3) is 0.111. The molecule has 0 atom stereocenters. The Morgan fingerprint density at radius 3 is 2.67 bits per heavy atom. The van der Waals surface area contributed by atoms with Crippen LogP contribution < -0.4 is 5.32 Å². The molecule has 0 aliphatic rings. The molecule has 0 bridgehead atoms. The van der Waals surface area contributed by atoms with Crippen LogP contribution in [0.25, 0.3) is 0 Å². The summed E-state index contributed by atoms with van der Waals surface area (Å²) in [6.45, 7) is 1.86. The average Bonchev–Trinajstić information content (AvgIpc) is 2.89. The summed E-state index contributed by atoms with van der Waals surface area (Å²) in [5.74, 6) is -0.460. The Labute approximate surface area is 151 Å². The van der Waals surface area contributed by atoms with Crippen LogP contribution in [0.1, 0.15) is 26.5 Å². The predicted molar refractivity (Wildman–Crippen MR) is 98.2 cm³/mol. The van der Waals surface area contributed by atoms with Crippen molar-refractivity contribution in [3.05, 3.63) is 80.5 Å². The van der Waals surface area contributed by atoms with Gasteiger partial charge >= 0.3 is 0 Å². The first-order valence-corrected chi connectivity index (χ1v) is 8.91. The topological polar surface area (TPSA) is 42.0 Å². The average molecular weight is 405 g/mol. The zero-order chi connectivity index (χ0) is 17.1. The Morgan fingerprint density at radius 1 is 1.21 bits per heavy atom. The first-order chi connectivity index (χ1) is 11.5. The molecular weight excluding hydrogens is 391 g/mol. The van der Waals surface area contributed by atoms with E-state index in [0.717, 1.165) is 15.0 Å². The molecule has 6 heteroatoms. The minimum absolute atomic E-state index is 0.228. The van der Waals surface area contributed by atoms with Crippen LogP contribution in [-0.2, 0) is 6.42 Å². The van der Waals surface area contributed by atoms with Crippen LogP contribution >= 0.6 is 27.3 Å². The molecule has 1 heterocycles. The standard InChI is InChI=1S/C18H14BrFN2OS/c1-11-16(10-12-6-2-5-9-15(12)20)24-18(21-11)22-17(23)13-7-3-4-8-14(13)19/h2-9H,10H2,1H3,(H,21,22,23). The number of nitrogens with zero attached hydrogens (tertiary/aromatic N) is 1. The van der Waals surface area contributed by atoms with E-state index in [1.807, 2.05) is 25.1 Å². The highest BCUT2D eigenvalue weighted by Crippen LogP contribution is 2.27. The lowest BCUT2D eigenvalue weighted by Gasteiger charge is -2.03. The highest BCUT2D eigenvalue weighted by atomic mass is 79.9. The van der Waals surface area contributed by atoms with Crippen molar-refractivity contribution in [3.63, 3.8) is 0 Å². The summed E-state index contributed by atoms with van der Waals surface area (Å²) in [6.07, 6.45) is 0.459. The molecule has 0 saturated carbocycles. The van der Waals surface area contributed by atoms with Crippen molar-refractivity contribution < 1.29 is 9.18 Å². The third-order valence-corrected chi connectivity index (χ3v) is 5.30. The molecule has 2 aromatic carbocycles. The minimum atomic E-state index is -0.232. The third-order valence-electron chi connectivity index (χ3n) is 3.54. The number of anilines is 1. The maximum absolute atomic E-state index is 13.8. The van der Waals surface area contributed by atoms with Gasteiger partial charge in [-0.1, -0.05) is 30.3 Å². The molecule has 0 aliphatic heterocycles. The fourth-order valence-electron chi connectivity index (χ4n) is 2.27. The summed E-state index contributed by atoms with van der Waals surface area (Å²) in [6, 6.07) is 13.9. The number of rotatable bonds is 4. The van der Waals surface area contributed by atoms with Gasteiger partial charge < -0.3 is 0 Å². The molecular formula is C18H14BrFN2OS. The Hall–Kier alpha value is -2.05. The van der Waals surface area contributed by atoms with Crippen LogP contribution in [0, 0.1) is 12.7 Å². The van der Waals surface area contributed by atoms with Gasteiger partial charge in [-0.15, -0.1) is 11.3 Å². The summed E-state index contributed by atoms with van der Waals surface area (Å²) in [7, 11) is 0. The molecule has 1 N–H and O–H groups in total. The molecule has 0 aliphatic carbocycles. The number of hydrogen-bond acceptors (Lipinski definition) is 3. The number of benzene rings is 2. The number of aryl methyl sites for hydroxylation is 1. The van der Waals surface area contributed by atoms with E-state index < -0.39 is 0 Å². The second-order valence-corrected chi connectivity index (χ2v) is 7.17. The molecule has 24 heavy (non-hydrogen) atoms. The largest absolute Gasteiger partial charge is 0.298 e. The van der Waals surface area contributed by atoms with E-state index in [0.29, 0.717) is 22.7 Å². The van der Waals surface area contributed by atoms with Gasteiger partial charge in [-0.2, -0.15) is 0 Å². The summed E-state index contributed by atoms with van der Waals surface area (Å²) in [5, 5.41) is 3.32. The van der Waals surface area contributed by atoms with Crippen molar-refractivity contribution in [1.29, 1.82) is 0 Å². The van der Waals surface area contributed by atoms with Gasteiger partial charge in [0.25, 0.3) is 5.91 Å². The molecule has 3 aromatic rings. The van der Waals surface area contributed by atoms with Gasteiger partial charge in [0.2, 0.25) is 0 Å². The van der Waals surface area contributed by atoms with Crippen LogP contribution in [0.3, 0.4) is 0 Å². The number of carbonyl (C=O) groups excluding carboxylic acids is 1. The van der Waals surface area contributed by atoms with E-state index in [2.05, 4.69) is 26.2 Å². The number of amides is 1. The van der Waals surface area contributed by atoms with E-state index >= 15 is 0 Å². The van der Waals surface area contributed by atoms with Crippen molar-refractivity contribution in [3.8, 4) is 0 Å². The highest BCUT2D eigenvalue weighted by Gasteiger charge is 2.14. The molecule has 122 valence electrons. The molecule has 3 rings (SSSR count). The molecule has 1 amide bonds. The molecule has 1 aromatic heterocycles. The second-order valence-electron chi connectivity index (χ2n) is 5.23. The van der Waals surface area contributed by atoms with E-state index in [1.165, 1.54) is 17.4 Å². The van der Waals surface area contributed by atoms with Crippen molar-refractivity contribution in [2.45, 2.75) is 13.3 Å². The van der Waals surface area contributed by atoms with Crippen molar-refractivity contribution in [2.24, 2.45) is 0 Å². The number of thiazole rings is 1. The summed E-state index contributed by atoms with van der Waals surface area (Å²) < 4.78 is 14.5. The minimum Gasteiger partial charge on any atom is -0.298 e. The Kier molecular flexibility index (Phi) is 5.06. The molecule has 0 radical (unpaired) electrons. The first kappa shape index (κ1) is 16.8. The monoisotopic (exact) mass is 404 g/mol. The zero-order valence-corrected chi connectivity index (χ0v) is 15.2. The Bertz CT molecular complexity index is 894. The van der Waals surface area contributed by atoms with E-state index in [-0.39, 0.29) is 11.7 Å². The van der Waals surface area contributed by atoms with Crippen LogP contribution in [-0.4, -0.2) is 10.9 Å². The fourth-order valence-corrected chi connectivity index (χ4v) is 3.72. The predicted octanol–water partition coefficient (Wildman–Crippen LogP) is 5.20. The van der Waals surface area contributed by atoms with Crippen molar-refractivity contribution >= 4 is 38.3 Å². The van der Waals surface area contributed by atoms with Crippen LogP contribution in [0.2, 0.25) is 0 Å². The number of nitrogens with one attached hydrogen (secondary N) is 1. The quantitative estimate of drug-likeness (QED) is 0.649. The van der Waals surface area contributed by atoms with Gasteiger partial charge in [-0.05, 0) is 46.6 Å². The van der Waals surface area contributed by atoms with E-state index in [1.54, 1.807) is 24.3 Å². The van der Waals surface area contributed by atoms with Gasteiger partial charge in [-0.25, -0.2) is 9.37 Å². The summed E-state index contributed by atoms with van der Waals surface area (Å²) >= 11 is 4.73. The second kappa shape index (κ2) is 7.23. The van der Waals surface area contributed by atoms with E-state index in [4.69, 9.17) is 0 Å². The number of hydrogen-bond donors (Lipinski definition) is 1. The smallest absolute Gasteiger partial charge is 0.258 e. The van der Waals surface area contributed by atoms with E-state index in [9.17, 15) is 9.18 Å². The van der Waals surface area contributed by atoms with Crippen LogP contribution in [0.5, 0.6) is 0 Å². The number of aromatic nitrogens is 1. The third kappa shape index (κ3) is 3.71. The highest BCUT2D eigenvalue weighted by molar-refractivity contribution is 9.10. The van der Waals surface area contributed by atoms with Gasteiger partial charge in [0.1, 0.15) is 5.82 Å². The van der Waals surface area contributed by atoms with Crippen molar-refractivity contribution in [1.82, 2.24) is 4.98 Å². The summed E-state index contributed by atoms with van der Waals surface area (Å²) in [5.41, 5.74) is 1.96. The number of carbonyl (C=O) groups is 1. The first-order valence-electron chi connectivity index (χ1n) is 7.30. The van der Waals surface area contributed by atoms with Crippen LogP contribution in [0.15, 0.2) is 53.0 Å². The van der Waals surface area contributed by atoms with Gasteiger partial charge in [0, 0.05) is 15.8 Å². The maximum Gasteiger partial charge on any atom is 0.258 e. The van der Waals surface area contributed by atoms with Gasteiger partial charge in [0.15, 0.2) is 5.13 Å². The molecule has 0 fully saturated rings. The van der Waals surface area contributed by atoms with Gasteiger partial charge in [0.05, 0.1) is 11.3 Å². The van der Waals surface area contributed by atoms with Crippen molar-refractivity contribution in [2.75, 3.05) is 5.32 Å². The van der Waals surface area contributed by atoms with Crippen LogP contribution in [0.4, 0.5) is 9.52 Å².